The molecule has 0 spiro atoms. The molecule has 23 heavy (non-hydrogen) atoms. The zero-order valence-electron chi connectivity index (χ0n) is 13.8. The molecule has 1 unspecified atom stereocenters. The summed E-state index contributed by atoms with van der Waals surface area (Å²) >= 11 is 3.43. The summed E-state index contributed by atoms with van der Waals surface area (Å²) < 4.78 is 8.55. The van der Waals surface area contributed by atoms with Gasteiger partial charge in [0.05, 0.1) is 5.52 Å². The lowest BCUT2D eigenvalue weighted by Gasteiger charge is -2.37. The van der Waals surface area contributed by atoms with Gasteiger partial charge in [-0.05, 0) is 68.1 Å². The van der Waals surface area contributed by atoms with E-state index in [9.17, 15) is 4.79 Å². The number of carbonyl (C=O) groups is 1. The maximum Gasteiger partial charge on any atom is 0.411 e. The number of fused-ring (bicyclic) bond motifs is 1. The van der Waals surface area contributed by atoms with Crippen LogP contribution >= 0.6 is 15.9 Å². The fourth-order valence-electron chi connectivity index (χ4n) is 3.02. The molecule has 124 valence electrons. The number of likely N-dealkylation sites (tertiary alicyclic amines) is 1. The quantitative estimate of drug-likeness (QED) is 0.673. The fraction of sp³-hybridized carbons (Fsp3) is 0.529. The SMILES string of the molecule is CC(C)(C)OC(=O)N1CCCCC1n1ccc2cnc(Br)cc21. The lowest BCUT2D eigenvalue weighted by Crippen LogP contribution is -2.43. The molecule has 1 fully saturated rings. The number of carbonyl (C=O) groups excluding carboxylic acids is 1. The summed E-state index contributed by atoms with van der Waals surface area (Å²) in [5.74, 6) is 0. The average molecular weight is 380 g/mol. The second-order valence-electron chi connectivity index (χ2n) is 6.94. The largest absolute Gasteiger partial charge is 0.444 e. The molecule has 1 saturated heterocycles. The van der Waals surface area contributed by atoms with Crippen molar-refractivity contribution in [3.05, 3.63) is 29.1 Å². The van der Waals surface area contributed by atoms with Crippen LogP contribution < -0.4 is 0 Å². The van der Waals surface area contributed by atoms with Crippen molar-refractivity contribution in [1.82, 2.24) is 14.5 Å². The van der Waals surface area contributed by atoms with Crippen molar-refractivity contribution < 1.29 is 9.53 Å². The predicted molar refractivity (Wildman–Crippen MR) is 93.3 cm³/mol. The minimum absolute atomic E-state index is 0.00889. The summed E-state index contributed by atoms with van der Waals surface area (Å²) in [4.78, 5) is 18.7. The lowest BCUT2D eigenvalue weighted by atomic mass is 10.1. The molecule has 1 atom stereocenters. The summed E-state index contributed by atoms with van der Waals surface area (Å²) in [6, 6.07) is 4.04. The Hall–Kier alpha value is -1.56. The number of pyridine rings is 1. The molecule has 0 aromatic carbocycles. The van der Waals surface area contributed by atoms with Crippen molar-refractivity contribution >= 4 is 32.9 Å². The molecule has 0 radical (unpaired) electrons. The highest BCUT2D eigenvalue weighted by atomic mass is 79.9. The van der Waals surface area contributed by atoms with Gasteiger partial charge in [-0.2, -0.15) is 0 Å². The van der Waals surface area contributed by atoms with Gasteiger partial charge in [-0.15, -0.1) is 0 Å². The van der Waals surface area contributed by atoms with Crippen LogP contribution in [-0.2, 0) is 4.74 Å². The fourth-order valence-corrected chi connectivity index (χ4v) is 3.34. The minimum Gasteiger partial charge on any atom is -0.444 e. The van der Waals surface area contributed by atoms with E-state index in [2.05, 4.69) is 25.5 Å². The van der Waals surface area contributed by atoms with Crippen molar-refractivity contribution in [2.24, 2.45) is 0 Å². The number of nitrogens with zero attached hydrogens (tertiary/aromatic N) is 3. The number of hydrogen-bond acceptors (Lipinski definition) is 3. The zero-order valence-corrected chi connectivity index (χ0v) is 15.3. The monoisotopic (exact) mass is 379 g/mol. The average Bonchev–Trinajstić information content (AvgIpc) is 2.88. The second kappa shape index (κ2) is 6.15. The third-order valence-corrected chi connectivity index (χ3v) is 4.43. The molecular weight excluding hydrogens is 358 g/mol. The minimum atomic E-state index is -0.481. The number of piperidine rings is 1. The zero-order chi connectivity index (χ0) is 16.6. The van der Waals surface area contributed by atoms with Crippen LogP contribution in [0, 0.1) is 0 Å². The first kappa shape index (κ1) is 16.3. The van der Waals surface area contributed by atoms with Crippen LogP contribution in [0.1, 0.15) is 46.2 Å². The first-order valence-electron chi connectivity index (χ1n) is 7.97. The summed E-state index contributed by atoms with van der Waals surface area (Å²) in [6.07, 6.45) is 6.68. The van der Waals surface area contributed by atoms with Gasteiger partial charge in [0.2, 0.25) is 0 Å². The number of amides is 1. The van der Waals surface area contributed by atoms with Crippen LogP contribution in [0.4, 0.5) is 4.79 Å². The van der Waals surface area contributed by atoms with E-state index in [4.69, 9.17) is 4.74 Å². The van der Waals surface area contributed by atoms with E-state index < -0.39 is 5.60 Å². The molecule has 6 heteroatoms. The van der Waals surface area contributed by atoms with Gasteiger partial charge in [0, 0.05) is 24.3 Å². The van der Waals surface area contributed by atoms with Gasteiger partial charge in [0.15, 0.2) is 0 Å². The van der Waals surface area contributed by atoms with E-state index in [1.807, 2.05) is 50.2 Å². The molecule has 2 aromatic heterocycles. The molecule has 5 nitrogen and oxygen atoms in total. The Bertz CT molecular complexity index is 720. The van der Waals surface area contributed by atoms with Gasteiger partial charge < -0.3 is 9.30 Å². The maximum absolute atomic E-state index is 12.6. The van der Waals surface area contributed by atoms with E-state index in [-0.39, 0.29) is 12.3 Å². The summed E-state index contributed by atoms with van der Waals surface area (Å²) in [5, 5.41) is 1.07. The van der Waals surface area contributed by atoms with Gasteiger partial charge in [-0.3, -0.25) is 4.90 Å². The number of hydrogen-bond donors (Lipinski definition) is 0. The molecule has 3 heterocycles. The second-order valence-corrected chi connectivity index (χ2v) is 7.75. The molecule has 2 aromatic rings. The summed E-state index contributed by atoms with van der Waals surface area (Å²) in [7, 11) is 0. The standard InChI is InChI=1S/C17H22BrN3O2/c1-17(2,3)23-16(22)21-8-5-4-6-15(21)20-9-7-12-11-19-14(18)10-13(12)20/h7,9-11,15H,4-6,8H2,1-3H3. The van der Waals surface area contributed by atoms with Gasteiger partial charge >= 0.3 is 6.09 Å². The normalized spacial score (nSPS) is 19.1. The first-order valence-corrected chi connectivity index (χ1v) is 8.76. The summed E-state index contributed by atoms with van der Waals surface area (Å²) in [6.45, 7) is 6.43. The van der Waals surface area contributed by atoms with Crippen LogP contribution in [0.3, 0.4) is 0 Å². The lowest BCUT2D eigenvalue weighted by molar-refractivity contribution is -0.000378. The Labute approximate surface area is 144 Å². The van der Waals surface area contributed by atoms with Crippen molar-refractivity contribution in [2.45, 2.75) is 51.8 Å². The molecule has 1 amide bonds. The molecule has 0 aliphatic carbocycles. The maximum atomic E-state index is 12.6. The number of rotatable bonds is 1. The molecule has 0 bridgehead atoms. The Morgan fingerprint density at radius 2 is 2.17 bits per heavy atom. The van der Waals surface area contributed by atoms with E-state index in [1.165, 1.54) is 0 Å². The first-order chi connectivity index (χ1) is 10.8. The number of halogens is 1. The summed E-state index contributed by atoms with van der Waals surface area (Å²) in [5.41, 5.74) is 0.595. The van der Waals surface area contributed by atoms with Crippen LogP contribution in [0.25, 0.3) is 10.9 Å². The smallest absolute Gasteiger partial charge is 0.411 e. The molecule has 0 saturated carbocycles. The van der Waals surface area contributed by atoms with Gasteiger partial charge in [-0.25, -0.2) is 9.78 Å². The van der Waals surface area contributed by atoms with E-state index in [1.54, 1.807) is 0 Å². The van der Waals surface area contributed by atoms with Crippen LogP contribution in [0.2, 0.25) is 0 Å². The Balaban J connectivity index is 1.94. The van der Waals surface area contributed by atoms with Crippen LogP contribution in [0.15, 0.2) is 29.1 Å². The molecule has 1 aliphatic rings. The van der Waals surface area contributed by atoms with Gasteiger partial charge in [-0.1, -0.05) is 0 Å². The van der Waals surface area contributed by atoms with Crippen LogP contribution in [0.5, 0.6) is 0 Å². The van der Waals surface area contributed by atoms with E-state index in [0.29, 0.717) is 0 Å². The van der Waals surface area contributed by atoms with E-state index >= 15 is 0 Å². The topological polar surface area (TPSA) is 47.4 Å². The van der Waals surface area contributed by atoms with E-state index in [0.717, 1.165) is 41.3 Å². The number of ether oxygens (including phenoxy) is 1. The van der Waals surface area contributed by atoms with Gasteiger partial charge in [0.25, 0.3) is 0 Å². The molecular formula is C17H22BrN3O2. The molecule has 3 rings (SSSR count). The predicted octanol–water partition coefficient (Wildman–Crippen LogP) is 4.72. The van der Waals surface area contributed by atoms with Gasteiger partial charge in [0.1, 0.15) is 16.4 Å². The Morgan fingerprint density at radius 3 is 2.91 bits per heavy atom. The third kappa shape index (κ3) is 3.52. The Morgan fingerprint density at radius 1 is 1.39 bits per heavy atom. The Kier molecular flexibility index (Phi) is 4.36. The van der Waals surface area contributed by atoms with Crippen molar-refractivity contribution in [3.63, 3.8) is 0 Å². The van der Waals surface area contributed by atoms with Crippen molar-refractivity contribution in [2.75, 3.05) is 6.54 Å². The number of aromatic nitrogens is 2. The van der Waals surface area contributed by atoms with Crippen LogP contribution in [-0.4, -0.2) is 32.7 Å². The molecule has 0 N–H and O–H groups in total. The highest BCUT2D eigenvalue weighted by molar-refractivity contribution is 9.10. The van der Waals surface area contributed by atoms with Crippen molar-refractivity contribution in [3.8, 4) is 0 Å². The highest BCUT2D eigenvalue weighted by Gasteiger charge is 2.31. The van der Waals surface area contributed by atoms with Crippen molar-refractivity contribution in [1.29, 1.82) is 0 Å². The third-order valence-electron chi connectivity index (χ3n) is 3.99. The highest BCUT2D eigenvalue weighted by Crippen LogP contribution is 2.31. The molecule has 1 aliphatic heterocycles.